The van der Waals surface area contributed by atoms with Crippen LogP contribution in [0.15, 0.2) is 91.0 Å². The highest BCUT2D eigenvalue weighted by Crippen LogP contribution is 2.45. The number of benzene rings is 4. The lowest BCUT2D eigenvalue weighted by Gasteiger charge is -2.26. The van der Waals surface area contributed by atoms with Crippen LogP contribution >= 0.6 is 11.8 Å². The molecule has 1 heterocycles. The van der Waals surface area contributed by atoms with E-state index in [1.165, 1.54) is 0 Å². The maximum atomic E-state index is 13.1. The van der Waals surface area contributed by atoms with Crippen molar-refractivity contribution >= 4 is 45.7 Å². The fourth-order valence-corrected chi connectivity index (χ4v) is 5.42. The summed E-state index contributed by atoms with van der Waals surface area (Å²) in [5.41, 5.74) is 3.02. The molecule has 0 spiro atoms. The lowest BCUT2D eigenvalue weighted by Crippen LogP contribution is -2.28. The zero-order valence-electron chi connectivity index (χ0n) is 18.7. The van der Waals surface area contributed by atoms with Crippen LogP contribution < -0.4 is 15.0 Å². The highest BCUT2D eigenvalue weighted by Gasteiger charge is 2.35. The molecule has 1 aliphatic heterocycles. The Labute approximate surface area is 202 Å². The van der Waals surface area contributed by atoms with Crippen molar-refractivity contribution in [1.82, 2.24) is 0 Å². The summed E-state index contributed by atoms with van der Waals surface area (Å²) in [6.45, 7) is 2.45. The number of carbonyl (C=O) groups is 2. The molecule has 0 bridgehead atoms. The van der Waals surface area contributed by atoms with Gasteiger partial charge in [0.05, 0.1) is 18.0 Å². The summed E-state index contributed by atoms with van der Waals surface area (Å²) < 4.78 is 5.78. The molecule has 4 aromatic rings. The molecule has 0 radical (unpaired) electrons. The average Bonchev–Trinajstić information content (AvgIpc) is 3.25. The van der Waals surface area contributed by atoms with Gasteiger partial charge in [0.25, 0.3) is 5.91 Å². The van der Waals surface area contributed by atoms with Gasteiger partial charge in [0, 0.05) is 11.3 Å². The van der Waals surface area contributed by atoms with Crippen molar-refractivity contribution in [3.05, 3.63) is 102 Å². The number of hydrogen-bond acceptors (Lipinski definition) is 4. The van der Waals surface area contributed by atoms with E-state index >= 15 is 0 Å². The Kier molecular flexibility index (Phi) is 6.23. The SMILES string of the molecule is CCOc1ccccc1N1C(=O)CS[C@@H]1c1cccc(NC(=O)c2cccc3ccccc23)c1. The lowest BCUT2D eigenvalue weighted by atomic mass is 10.0. The molecule has 0 aliphatic carbocycles. The third-order valence-electron chi connectivity index (χ3n) is 5.76. The number of amides is 2. The van der Waals surface area contributed by atoms with Crippen LogP contribution in [-0.2, 0) is 4.79 Å². The van der Waals surface area contributed by atoms with E-state index in [9.17, 15) is 9.59 Å². The third kappa shape index (κ3) is 4.24. The van der Waals surface area contributed by atoms with Crippen molar-refractivity contribution in [3.63, 3.8) is 0 Å². The van der Waals surface area contributed by atoms with Crippen molar-refractivity contribution in [2.45, 2.75) is 12.3 Å². The van der Waals surface area contributed by atoms with Gasteiger partial charge in [-0.25, -0.2) is 0 Å². The molecule has 5 rings (SSSR count). The highest BCUT2D eigenvalue weighted by atomic mass is 32.2. The number of anilines is 2. The Morgan fingerprint density at radius 1 is 1.00 bits per heavy atom. The molecule has 1 saturated heterocycles. The van der Waals surface area contributed by atoms with E-state index in [0.29, 0.717) is 29.4 Å². The van der Waals surface area contributed by atoms with Gasteiger partial charge < -0.3 is 10.1 Å². The van der Waals surface area contributed by atoms with Crippen LogP contribution in [0.25, 0.3) is 10.8 Å². The Hall–Kier alpha value is -3.77. The number of rotatable bonds is 6. The van der Waals surface area contributed by atoms with Crippen LogP contribution in [0.1, 0.15) is 28.2 Å². The second kappa shape index (κ2) is 9.61. The summed E-state index contributed by atoms with van der Waals surface area (Å²) in [4.78, 5) is 27.8. The zero-order valence-corrected chi connectivity index (χ0v) is 19.5. The predicted molar refractivity (Wildman–Crippen MR) is 139 cm³/mol. The fourth-order valence-electron chi connectivity index (χ4n) is 4.26. The van der Waals surface area contributed by atoms with Crippen LogP contribution in [0, 0.1) is 0 Å². The summed E-state index contributed by atoms with van der Waals surface area (Å²) in [5, 5.41) is 4.76. The van der Waals surface area contributed by atoms with Crippen LogP contribution in [0.5, 0.6) is 5.75 Å². The van der Waals surface area contributed by atoms with Crippen molar-refractivity contribution in [1.29, 1.82) is 0 Å². The van der Waals surface area contributed by atoms with Gasteiger partial charge in [-0.2, -0.15) is 0 Å². The van der Waals surface area contributed by atoms with Gasteiger partial charge in [-0.15, -0.1) is 11.8 Å². The minimum absolute atomic E-state index is 0.0346. The molecule has 4 aromatic carbocycles. The Morgan fingerprint density at radius 2 is 1.76 bits per heavy atom. The van der Waals surface area contributed by atoms with E-state index in [4.69, 9.17) is 4.74 Å². The fraction of sp³-hybridized carbons (Fsp3) is 0.143. The van der Waals surface area contributed by atoms with E-state index in [1.54, 1.807) is 16.7 Å². The van der Waals surface area contributed by atoms with Crippen LogP contribution in [0.3, 0.4) is 0 Å². The molecule has 1 atom stereocenters. The standard InChI is InChI=1S/C28H24N2O3S/c1-2-33-25-16-6-5-15-24(25)30-26(31)18-34-28(30)20-11-7-12-21(17-20)29-27(32)23-14-8-10-19-9-3-4-13-22(19)23/h3-17,28H,2,18H2,1H3,(H,29,32)/t28-/m1/s1. The molecule has 1 aliphatic rings. The average molecular weight is 469 g/mol. The summed E-state index contributed by atoms with van der Waals surface area (Å²) in [6.07, 6.45) is 0. The smallest absolute Gasteiger partial charge is 0.256 e. The number of ether oxygens (including phenoxy) is 1. The molecule has 170 valence electrons. The number of para-hydroxylation sites is 2. The maximum absolute atomic E-state index is 13.1. The number of fused-ring (bicyclic) bond motifs is 1. The molecule has 5 nitrogen and oxygen atoms in total. The Balaban J connectivity index is 1.43. The molecule has 6 heteroatoms. The molecule has 0 saturated carbocycles. The van der Waals surface area contributed by atoms with Gasteiger partial charge in [-0.05, 0) is 53.6 Å². The molecular formula is C28H24N2O3S. The van der Waals surface area contributed by atoms with Gasteiger partial charge >= 0.3 is 0 Å². The molecule has 1 N–H and O–H groups in total. The number of thioether (sulfide) groups is 1. The van der Waals surface area contributed by atoms with Crippen molar-refractivity contribution < 1.29 is 14.3 Å². The topological polar surface area (TPSA) is 58.6 Å². The quantitative estimate of drug-likeness (QED) is 0.362. The van der Waals surface area contributed by atoms with Gasteiger partial charge in [0.15, 0.2) is 0 Å². The minimum Gasteiger partial charge on any atom is -0.492 e. The molecule has 0 unspecified atom stereocenters. The van der Waals surface area contributed by atoms with Crippen LogP contribution in [0.4, 0.5) is 11.4 Å². The molecule has 1 fully saturated rings. The van der Waals surface area contributed by atoms with E-state index < -0.39 is 0 Å². The number of hydrogen-bond donors (Lipinski definition) is 1. The van der Waals surface area contributed by atoms with Crippen LogP contribution in [0.2, 0.25) is 0 Å². The predicted octanol–water partition coefficient (Wildman–Crippen LogP) is 6.27. The molecule has 34 heavy (non-hydrogen) atoms. The summed E-state index contributed by atoms with van der Waals surface area (Å²) in [7, 11) is 0. The number of nitrogens with zero attached hydrogens (tertiary/aromatic N) is 1. The number of nitrogens with one attached hydrogen (secondary N) is 1. The van der Waals surface area contributed by atoms with Gasteiger partial charge in [0.2, 0.25) is 5.91 Å². The normalized spacial score (nSPS) is 15.5. The number of carbonyl (C=O) groups excluding carboxylic acids is 2. The first-order valence-corrected chi connectivity index (χ1v) is 12.2. The second-order valence-corrected chi connectivity index (χ2v) is 9.00. The summed E-state index contributed by atoms with van der Waals surface area (Å²) >= 11 is 1.57. The maximum Gasteiger partial charge on any atom is 0.256 e. The van der Waals surface area contributed by atoms with Gasteiger partial charge in [-0.3, -0.25) is 14.5 Å². The first-order chi connectivity index (χ1) is 16.7. The Bertz CT molecular complexity index is 1370. The van der Waals surface area contributed by atoms with Crippen molar-refractivity contribution in [2.24, 2.45) is 0 Å². The molecular weight excluding hydrogens is 444 g/mol. The van der Waals surface area contributed by atoms with Crippen molar-refractivity contribution in [3.8, 4) is 5.75 Å². The molecule has 2 amide bonds. The van der Waals surface area contributed by atoms with E-state index in [2.05, 4.69) is 5.32 Å². The monoisotopic (exact) mass is 468 g/mol. The highest BCUT2D eigenvalue weighted by molar-refractivity contribution is 8.00. The zero-order chi connectivity index (χ0) is 23.5. The minimum atomic E-state index is -0.205. The van der Waals surface area contributed by atoms with Gasteiger partial charge in [-0.1, -0.05) is 60.7 Å². The molecule has 0 aromatic heterocycles. The largest absolute Gasteiger partial charge is 0.492 e. The Morgan fingerprint density at radius 3 is 2.65 bits per heavy atom. The van der Waals surface area contributed by atoms with E-state index in [1.807, 2.05) is 97.9 Å². The van der Waals surface area contributed by atoms with E-state index in [-0.39, 0.29) is 17.2 Å². The first kappa shape index (κ1) is 22.0. The first-order valence-electron chi connectivity index (χ1n) is 11.2. The van der Waals surface area contributed by atoms with Crippen molar-refractivity contribution in [2.75, 3.05) is 22.6 Å². The van der Waals surface area contributed by atoms with Crippen LogP contribution in [-0.4, -0.2) is 24.2 Å². The van der Waals surface area contributed by atoms with Gasteiger partial charge in [0.1, 0.15) is 11.1 Å². The summed E-state index contributed by atoms with van der Waals surface area (Å²) in [5.74, 6) is 0.943. The summed E-state index contributed by atoms with van der Waals surface area (Å²) in [6, 6.07) is 28.9. The van der Waals surface area contributed by atoms with E-state index in [0.717, 1.165) is 22.0 Å². The second-order valence-electron chi connectivity index (χ2n) is 7.93. The lowest BCUT2D eigenvalue weighted by molar-refractivity contribution is -0.115. The third-order valence-corrected chi connectivity index (χ3v) is 6.97.